The second-order valence-corrected chi connectivity index (χ2v) is 5.55. The van der Waals surface area contributed by atoms with Crippen LogP contribution in [0, 0.1) is 6.92 Å². The van der Waals surface area contributed by atoms with Crippen molar-refractivity contribution in [1.82, 2.24) is 0 Å². The lowest BCUT2D eigenvalue weighted by atomic mass is 9.92. The molecule has 1 saturated carbocycles. The predicted molar refractivity (Wildman–Crippen MR) is 72.3 cm³/mol. The lowest BCUT2D eigenvalue weighted by molar-refractivity contribution is 0.0948. The van der Waals surface area contributed by atoms with Crippen LogP contribution in [0.3, 0.4) is 0 Å². The van der Waals surface area contributed by atoms with Crippen LogP contribution < -0.4 is 10.5 Å². The first-order valence-corrected chi connectivity index (χ1v) is 6.41. The fourth-order valence-electron chi connectivity index (χ4n) is 2.20. The van der Waals surface area contributed by atoms with Gasteiger partial charge in [-0.2, -0.15) is 0 Å². The van der Waals surface area contributed by atoms with Gasteiger partial charge >= 0.3 is 0 Å². The molecule has 0 saturated heterocycles. The number of rotatable bonds is 4. The van der Waals surface area contributed by atoms with Crippen LogP contribution in [-0.2, 0) is 0 Å². The summed E-state index contributed by atoms with van der Waals surface area (Å²) in [6.45, 7) is 6.12. The number of benzene rings is 1. The van der Waals surface area contributed by atoms with E-state index >= 15 is 0 Å². The van der Waals surface area contributed by atoms with Crippen molar-refractivity contribution in [2.75, 3.05) is 7.11 Å². The van der Waals surface area contributed by atoms with Crippen LogP contribution in [0.2, 0.25) is 0 Å². The number of Topliss-reactive ketones (excluding diaryl/α,β-unsaturated/α-hetero) is 1. The zero-order valence-corrected chi connectivity index (χ0v) is 11.5. The molecule has 2 N–H and O–H groups in total. The van der Waals surface area contributed by atoms with Gasteiger partial charge in [-0.05, 0) is 48.9 Å². The van der Waals surface area contributed by atoms with Crippen LogP contribution in [0.25, 0.3) is 0 Å². The first-order chi connectivity index (χ1) is 8.39. The van der Waals surface area contributed by atoms with Crippen molar-refractivity contribution < 1.29 is 9.53 Å². The highest BCUT2D eigenvalue weighted by molar-refractivity contribution is 6.06. The zero-order chi connectivity index (χ0) is 13.5. The molecule has 3 nitrogen and oxygen atoms in total. The molecule has 2 rings (SSSR count). The molecule has 0 aromatic heterocycles. The Balaban J connectivity index is 2.48. The summed E-state index contributed by atoms with van der Waals surface area (Å²) in [5, 5.41) is 0. The van der Waals surface area contributed by atoms with E-state index in [4.69, 9.17) is 10.5 Å². The Bertz CT molecular complexity index is 488. The second kappa shape index (κ2) is 4.39. The van der Waals surface area contributed by atoms with Gasteiger partial charge in [0.15, 0.2) is 5.78 Å². The molecule has 0 radical (unpaired) electrons. The summed E-state index contributed by atoms with van der Waals surface area (Å²) < 4.78 is 5.38. The van der Waals surface area contributed by atoms with E-state index in [0.29, 0.717) is 5.92 Å². The van der Waals surface area contributed by atoms with Gasteiger partial charge in [0.05, 0.1) is 12.6 Å². The van der Waals surface area contributed by atoms with Crippen molar-refractivity contribution in [3.05, 3.63) is 28.8 Å². The average Bonchev–Trinajstić information content (AvgIpc) is 3.07. The number of hydrogen-bond donors (Lipinski definition) is 1. The molecule has 3 heteroatoms. The van der Waals surface area contributed by atoms with Gasteiger partial charge in [0.2, 0.25) is 0 Å². The number of ketones is 1. The van der Waals surface area contributed by atoms with E-state index in [1.54, 1.807) is 7.11 Å². The molecule has 0 amide bonds. The summed E-state index contributed by atoms with van der Waals surface area (Å²) in [5.74, 6) is 1.24. The molecule has 0 atom stereocenters. The number of carbonyl (C=O) groups is 1. The van der Waals surface area contributed by atoms with Gasteiger partial charge in [-0.1, -0.05) is 13.8 Å². The molecule has 1 aliphatic rings. The van der Waals surface area contributed by atoms with Gasteiger partial charge in [-0.25, -0.2) is 0 Å². The summed E-state index contributed by atoms with van der Waals surface area (Å²) in [6.07, 6.45) is 1.60. The summed E-state index contributed by atoms with van der Waals surface area (Å²) in [7, 11) is 1.66. The van der Waals surface area contributed by atoms with E-state index in [2.05, 4.69) is 13.8 Å². The van der Waals surface area contributed by atoms with Crippen LogP contribution in [0.4, 0.5) is 0 Å². The van der Waals surface area contributed by atoms with E-state index in [1.165, 1.54) is 0 Å². The summed E-state index contributed by atoms with van der Waals surface area (Å²) >= 11 is 0. The van der Waals surface area contributed by atoms with Crippen molar-refractivity contribution in [1.29, 1.82) is 0 Å². The van der Waals surface area contributed by atoms with Gasteiger partial charge in [-0.3, -0.25) is 4.79 Å². The Morgan fingerprint density at radius 3 is 2.44 bits per heavy atom. The zero-order valence-electron chi connectivity index (χ0n) is 11.5. The number of nitrogens with two attached hydrogens (primary N) is 1. The maximum atomic E-state index is 12.4. The topological polar surface area (TPSA) is 52.3 Å². The van der Waals surface area contributed by atoms with Gasteiger partial charge in [0.25, 0.3) is 0 Å². The Kier molecular flexibility index (Phi) is 3.20. The quantitative estimate of drug-likeness (QED) is 0.832. The van der Waals surface area contributed by atoms with Crippen molar-refractivity contribution in [2.24, 2.45) is 5.73 Å². The van der Waals surface area contributed by atoms with Crippen LogP contribution in [0.1, 0.15) is 54.1 Å². The Labute approximate surface area is 108 Å². The third kappa shape index (κ3) is 2.15. The molecule has 1 aromatic carbocycles. The monoisotopic (exact) mass is 247 g/mol. The van der Waals surface area contributed by atoms with Crippen molar-refractivity contribution in [3.63, 3.8) is 0 Å². The fourth-order valence-corrected chi connectivity index (χ4v) is 2.20. The summed E-state index contributed by atoms with van der Waals surface area (Å²) in [6, 6.07) is 3.89. The van der Waals surface area contributed by atoms with Crippen LogP contribution in [0.5, 0.6) is 5.75 Å². The van der Waals surface area contributed by atoms with Crippen LogP contribution in [0.15, 0.2) is 12.1 Å². The maximum Gasteiger partial charge on any atom is 0.182 e. The first-order valence-electron chi connectivity index (χ1n) is 6.41. The van der Waals surface area contributed by atoms with E-state index in [9.17, 15) is 4.79 Å². The smallest absolute Gasteiger partial charge is 0.182 e. The summed E-state index contributed by atoms with van der Waals surface area (Å²) in [5.41, 5.74) is 8.16. The van der Waals surface area contributed by atoms with Crippen LogP contribution >= 0.6 is 0 Å². The van der Waals surface area contributed by atoms with Gasteiger partial charge in [0.1, 0.15) is 5.75 Å². The fraction of sp³-hybridized carbons (Fsp3) is 0.533. The molecule has 0 unspecified atom stereocenters. The molecule has 1 aromatic rings. The van der Waals surface area contributed by atoms with E-state index in [0.717, 1.165) is 35.3 Å². The SMILES string of the molecule is COc1cc(C)c(C(=O)C2(N)CC2)cc1C(C)C. The molecular formula is C15H21NO2. The highest BCUT2D eigenvalue weighted by Crippen LogP contribution is 2.38. The molecular weight excluding hydrogens is 226 g/mol. The minimum atomic E-state index is -0.604. The standard InChI is InChI=1S/C15H21NO2/c1-9(2)11-8-12(10(3)7-13(11)18-4)14(17)15(16)5-6-15/h7-9H,5-6,16H2,1-4H3. The average molecular weight is 247 g/mol. The highest BCUT2D eigenvalue weighted by atomic mass is 16.5. The largest absolute Gasteiger partial charge is 0.496 e. The molecule has 0 bridgehead atoms. The number of carbonyl (C=O) groups excluding carboxylic acids is 1. The molecule has 1 fully saturated rings. The molecule has 1 aliphatic carbocycles. The Morgan fingerprint density at radius 1 is 1.39 bits per heavy atom. The molecule has 0 aliphatic heterocycles. The molecule has 18 heavy (non-hydrogen) atoms. The number of methoxy groups -OCH3 is 1. The minimum Gasteiger partial charge on any atom is -0.496 e. The van der Waals surface area contributed by atoms with Crippen LogP contribution in [-0.4, -0.2) is 18.4 Å². The van der Waals surface area contributed by atoms with E-state index < -0.39 is 5.54 Å². The Morgan fingerprint density at radius 2 is 2.00 bits per heavy atom. The summed E-state index contributed by atoms with van der Waals surface area (Å²) in [4.78, 5) is 12.4. The third-order valence-electron chi connectivity index (χ3n) is 3.68. The van der Waals surface area contributed by atoms with Gasteiger partial charge in [-0.15, -0.1) is 0 Å². The van der Waals surface area contributed by atoms with Crippen molar-refractivity contribution in [3.8, 4) is 5.75 Å². The van der Waals surface area contributed by atoms with E-state index in [1.807, 2.05) is 19.1 Å². The van der Waals surface area contributed by atoms with Crippen molar-refractivity contribution in [2.45, 2.75) is 45.1 Å². The number of hydrogen-bond acceptors (Lipinski definition) is 3. The third-order valence-corrected chi connectivity index (χ3v) is 3.68. The van der Waals surface area contributed by atoms with Gasteiger partial charge in [0, 0.05) is 5.56 Å². The minimum absolute atomic E-state index is 0.0737. The maximum absolute atomic E-state index is 12.4. The lowest BCUT2D eigenvalue weighted by Gasteiger charge is -2.17. The lowest BCUT2D eigenvalue weighted by Crippen LogP contribution is -2.33. The molecule has 98 valence electrons. The Hall–Kier alpha value is -1.35. The molecule has 0 spiro atoms. The van der Waals surface area contributed by atoms with Gasteiger partial charge < -0.3 is 10.5 Å². The molecule has 0 heterocycles. The highest BCUT2D eigenvalue weighted by Gasteiger charge is 2.46. The second-order valence-electron chi connectivity index (χ2n) is 5.55. The number of aryl methyl sites for hydroxylation is 1. The first kappa shape index (κ1) is 13.1. The van der Waals surface area contributed by atoms with Crippen molar-refractivity contribution >= 4 is 5.78 Å². The predicted octanol–water partition coefficient (Wildman–Crippen LogP) is 2.80. The van der Waals surface area contributed by atoms with E-state index in [-0.39, 0.29) is 5.78 Å². The number of ether oxygens (including phenoxy) is 1. The normalized spacial score (nSPS) is 16.8.